The first-order valence-electron chi connectivity index (χ1n) is 3.00. The largest absolute Gasteiger partial charge is 0.262 e. The Hall–Kier alpha value is -0.680. The molecular formula is C6H5ClFNO2S. The molecule has 0 radical (unpaired) electrons. The van der Waals surface area contributed by atoms with Crippen LogP contribution in [-0.2, 0) is 14.8 Å². The van der Waals surface area contributed by atoms with Crippen LogP contribution in [0.3, 0.4) is 0 Å². The third-order valence-corrected chi connectivity index (χ3v) is 2.17. The Balaban J connectivity index is 2.98. The quantitative estimate of drug-likeness (QED) is 0.690. The van der Waals surface area contributed by atoms with Gasteiger partial charge in [0.25, 0.3) is 0 Å². The van der Waals surface area contributed by atoms with Crippen molar-refractivity contribution in [2.24, 2.45) is 0 Å². The molecule has 0 aliphatic carbocycles. The monoisotopic (exact) mass is 209 g/mol. The summed E-state index contributed by atoms with van der Waals surface area (Å²) < 4.78 is 33.8. The van der Waals surface area contributed by atoms with Gasteiger partial charge < -0.3 is 0 Å². The number of hydrogen-bond donors (Lipinski definition) is 0. The smallest absolute Gasteiger partial charge is 0.236 e. The zero-order valence-electron chi connectivity index (χ0n) is 5.87. The highest BCUT2D eigenvalue weighted by Crippen LogP contribution is 2.11. The van der Waals surface area contributed by atoms with Crippen molar-refractivity contribution in [3.8, 4) is 0 Å². The highest BCUT2D eigenvalue weighted by molar-refractivity contribution is 8.13. The second-order valence-electron chi connectivity index (χ2n) is 2.15. The molecule has 1 rings (SSSR count). The van der Waals surface area contributed by atoms with E-state index < -0.39 is 20.6 Å². The van der Waals surface area contributed by atoms with Gasteiger partial charge in [-0.05, 0) is 6.07 Å². The van der Waals surface area contributed by atoms with Gasteiger partial charge in [0, 0.05) is 22.4 Å². The summed E-state index contributed by atoms with van der Waals surface area (Å²) in [7, 11) is 1.23. The van der Waals surface area contributed by atoms with Crippen molar-refractivity contribution in [3.63, 3.8) is 0 Å². The fraction of sp³-hybridized carbons (Fsp3) is 0.167. The number of aromatic nitrogens is 1. The Morgan fingerprint density at radius 1 is 1.58 bits per heavy atom. The van der Waals surface area contributed by atoms with Gasteiger partial charge in [0.15, 0.2) is 0 Å². The van der Waals surface area contributed by atoms with Crippen molar-refractivity contribution in [2.45, 2.75) is 5.75 Å². The molecule has 0 amide bonds. The molecule has 0 fully saturated rings. The molecule has 0 unspecified atom stereocenters. The summed E-state index contributed by atoms with van der Waals surface area (Å²) in [5.41, 5.74) is 0.0278. The van der Waals surface area contributed by atoms with Crippen molar-refractivity contribution >= 4 is 19.7 Å². The predicted molar refractivity (Wildman–Crippen MR) is 42.7 cm³/mol. The van der Waals surface area contributed by atoms with Gasteiger partial charge in [0.05, 0.1) is 11.9 Å². The minimum absolute atomic E-state index is 0.0278. The number of pyridine rings is 1. The molecule has 6 heteroatoms. The Kier molecular flexibility index (Phi) is 2.64. The lowest BCUT2D eigenvalue weighted by molar-refractivity contribution is 0.594. The second kappa shape index (κ2) is 3.37. The lowest BCUT2D eigenvalue weighted by Crippen LogP contribution is -1.98. The Bertz CT molecular complexity index is 379. The van der Waals surface area contributed by atoms with Crippen LogP contribution in [0.2, 0.25) is 0 Å². The summed E-state index contributed by atoms with van der Waals surface area (Å²) in [5, 5.41) is 0. The SMILES string of the molecule is O=S(=O)(Cl)Cc1ccncc1F. The van der Waals surface area contributed by atoms with Gasteiger partial charge in [0.1, 0.15) is 5.82 Å². The first-order valence-corrected chi connectivity index (χ1v) is 5.47. The molecule has 0 atom stereocenters. The molecule has 0 aliphatic heterocycles. The van der Waals surface area contributed by atoms with Crippen LogP contribution in [0, 0.1) is 5.82 Å². The van der Waals surface area contributed by atoms with Gasteiger partial charge in [-0.2, -0.15) is 0 Å². The van der Waals surface area contributed by atoms with E-state index in [-0.39, 0.29) is 5.56 Å². The van der Waals surface area contributed by atoms with E-state index in [4.69, 9.17) is 10.7 Å². The normalized spacial score (nSPS) is 11.5. The third kappa shape index (κ3) is 2.75. The van der Waals surface area contributed by atoms with Crippen LogP contribution >= 0.6 is 10.7 Å². The van der Waals surface area contributed by atoms with E-state index in [0.29, 0.717) is 0 Å². The Labute approximate surface area is 73.6 Å². The number of hydrogen-bond acceptors (Lipinski definition) is 3. The molecule has 0 aliphatic rings. The van der Waals surface area contributed by atoms with E-state index in [9.17, 15) is 12.8 Å². The number of halogens is 2. The Morgan fingerprint density at radius 3 is 2.75 bits per heavy atom. The van der Waals surface area contributed by atoms with Crippen LogP contribution in [0.25, 0.3) is 0 Å². The molecular weight excluding hydrogens is 205 g/mol. The molecule has 3 nitrogen and oxygen atoms in total. The van der Waals surface area contributed by atoms with Gasteiger partial charge in [-0.25, -0.2) is 12.8 Å². The fourth-order valence-electron chi connectivity index (χ4n) is 0.707. The summed E-state index contributed by atoms with van der Waals surface area (Å²) in [4.78, 5) is 3.46. The summed E-state index contributed by atoms with van der Waals surface area (Å²) in [6.07, 6.45) is 2.25. The van der Waals surface area contributed by atoms with Crippen molar-refractivity contribution in [2.75, 3.05) is 0 Å². The van der Waals surface area contributed by atoms with E-state index in [0.717, 1.165) is 6.20 Å². The lowest BCUT2D eigenvalue weighted by Gasteiger charge is -1.97. The average molecular weight is 210 g/mol. The fourth-order valence-corrected chi connectivity index (χ4v) is 1.67. The van der Waals surface area contributed by atoms with E-state index in [1.54, 1.807) is 0 Å². The van der Waals surface area contributed by atoms with E-state index in [1.807, 2.05) is 0 Å². The van der Waals surface area contributed by atoms with Crippen LogP contribution in [0.5, 0.6) is 0 Å². The van der Waals surface area contributed by atoms with Gasteiger partial charge in [0.2, 0.25) is 9.05 Å². The average Bonchev–Trinajstić information content (AvgIpc) is 1.91. The molecule has 0 N–H and O–H groups in total. The van der Waals surface area contributed by atoms with Crippen LogP contribution in [-0.4, -0.2) is 13.4 Å². The van der Waals surface area contributed by atoms with Crippen LogP contribution in [0.1, 0.15) is 5.56 Å². The molecule has 0 bridgehead atoms. The molecule has 0 aromatic carbocycles. The highest BCUT2D eigenvalue weighted by Gasteiger charge is 2.10. The predicted octanol–water partition coefficient (Wildman–Crippen LogP) is 1.29. The maximum Gasteiger partial charge on any atom is 0.236 e. The van der Waals surface area contributed by atoms with E-state index >= 15 is 0 Å². The standard InChI is InChI=1S/C6H5ClFNO2S/c7-12(10,11)4-5-1-2-9-3-6(5)8/h1-3H,4H2. The first-order chi connectivity index (χ1) is 5.49. The maximum absolute atomic E-state index is 12.7. The third-order valence-electron chi connectivity index (χ3n) is 1.18. The summed E-state index contributed by atoms with van der Waals surface area (Å²) in [5.74, 6) is -1.18. The molecule has 1 aromatic rings. The molecule has 0 spiro atoms. The minimum atomic E-state index is -3.70. The Morgan fingerprint density at radius 2 is 2.25 bits per heavy atom. The van der Waals surface area contributed by atoms with Crippen molar-refractivity contribution < 1.29 is 12.8 Å². The number of nitrogens with zero attached hydrogens (tertiary/aromatic N) is 1. The van der Waals surface area contributed by atoms with E-state index in [2.05, 4.69) is 4.98 Å². The van der Waals surface area contributed by atoms with Crippen LogP contribution in [0.4, 0.5) is 4.39 Å². The van der Waals surface area contributed by atoms with Gasteiger partial charge in [-0.1, -0.05) is 0 Å². The maximum atomic E-state index is 12.7. The summed E-state index contributed by atoms with van der Waals surface area (Å²) >= 11 is 0. The summed E-state index contributed by atoms with van der Waals surface area (Å²) in [6.45, 7) is 0. The topological polar surface area (TPSA) is 47.0 Å². The molecule has 66 valence electrons. The summed E-state index contributed by atoms with van der Waals surface area (Å²) in [6, 6.07) is 1.27. The van der Waals surface area contributed by atoms with Crippen molar-refractivity contribution in [3.05, 3.63) is 29.8 Å². The van der Waals surface area contributed by atoms with Gasteiger partial charge in [-0.3, -0.25) is 4.98 Å². The molecule has 1 heterocycles. The minimum Gasteiger partial charge on any atom is -0.262 e. The van der Waals surface area contributed by atoms with Crippen molar-refractivity contribution in [1.82, 2.24) is 4.98 Å². The van der Waals surface area contributed by atoms with Crippen molar-refractivity contribution in [1.29, 1.82) is 0 Å². The van der Waals surface area contributed by atoms with E-state index in [1.165, 1.54) is 12.3 Å². The zero-order chi connectivity index (χ0) is 9.19. The molecule has 1 aromatic heterocycles. The zero-order valence-corrected chi connectivity index (χ0v) is 7.44. The highest BCUT2D eigenvalue weighted by atomic mass is 35.7. The molecule has 12 heavy (non-hydrogen) atoms. The van der Waals surface area contributed by atoms with Crippen LogP contribution in [0.15, 0.2) is 18.5 Å². The lowest BCUT2D eigenvalue weighted by atomic mass is 10.3. The van der Waals surface area contributed by atoms with Gasteiger partial charge in [-0.15, -0.1) is 0 Å². The van der Waals surface area contributed by atoms with Gasteiger partial charge >= 0.3 is 0 Å². The second-order valence-corrected chi connectivity index (χ2v) is 4.93. The number of rotatable bonds is 2. The molecule has 0 saturated carbocycles. The molecule has 0 saturated heterocycles. The first kappa shape index (κ1) is 9.41. The van der Waals surface area contributed by atoms with Crippen LogP contribution < -0.4 is 0 Å².